The number of likely N-dealkylation sites (tertiary alicyclic amines) is 2. The van der Waals surface area contributed by atoms with E-state index in [1.165, 1.54) is 4.90 Å². The van der Waals surface area contributed by atoms with Gasteiger partial charge in [0.15, 0.2) is 0 Å². The molecule has 0 N–H and O–H groups in total. The van der Waals surface area contributed by atoms with Gasteiger partial charge in [0, 0.05) is 6.54 Å². The van der Waals surface area contributed by atoms with Crippen molar-refractivity contribution in [3.63, 3.8) is 0 Å². The van der Waals surface area contributed by atoms with Gasteiger partial charge in [-0.1, -0.05) is 43.2 Å². The average molecular weight is 340 g/mol. The molecule has 2 saturated heterocycles. The van der Waals surface area contributed by atoms with Crippen LogP contribution in [0, 0.1) is 11.8 Å². The van der Waals surface area contributed by atoms with E-state index >= 15 is 0 Å². The Labute approximate surface area is 148 Å². The molecule has 1 aliphatic carbocycles. The Morgan fingerprint density at radius 3 is 2.20 bits per heavy atom. The predicted molar refractivity (Wildman–Crippen MR) is 92.3 cm³/mol. The van der Waals surface area contributed by atoms with Crippen molar-refractivity contribution in [2.75, 3.05) is 13.1 Å². The van der Waals surface area contributed by atoms with Gasteiger partial charge in [-0.15, -0.1) is 0 Å². The number of hydrogen-bond donors (Lipinski definition) is 0. The normalized spacial score (nSPS) is 29.2. The molecule has 2 aliphatic heterocycles. The van der Waals surface area contributed by atoms with Crippen LogP contribution in [-0.2, 0) is 14.4 Å². The first-order valence-electron chi connectivity index (χ1n) is 9.36. The molecule has 1 saturated carbocycles. The molecule has 5 heteroatoms. The van der Waals surface area contributed by atoms with Crippen molar-refractivity contribution in [3.8, 4) is 0 Å². The van der Waals surface area contributed by atoms with Crippen LogP contribution in [0.2, 0.25) is 0 Å². The zero-order chi connectivity index (χ0) is 17.4. The van der Waals surface area contributed by atoms with Gasteiger partial charge in [0.25, 0.3) is 0 Å². The maximum absolute atomic E-state index is 12.9. The summed E-state index contributed by atoms with van der Waals surface area (Å²) in [5.74, 6) is -0.723. The van der Waals surface area contributed by atoms with E-state index in [2.05, 4.69) is 0 Å². The summed E-state index contributed by atoms with van der Waals surface area (Å²) in [5, 5.41) is 0. The number of carbonyl (C=O) groups is 3. The van der Waals surface area contributed by atoms with E-state index < -0.39 is 0 Å². The molecule has 0 unspecified atom stereocenters. The monoisotopic (exact) mass is 340 g/mol. The Kier molecular flexibility index (Phi) is 4.32. The van der Waals surface area contributed by atoms with Crippen LogP contribution in [0.3, 0.4) is 0 Å². The van der Waals surface area contributed by atoms with Crippen molar-refractivity contribution in [2.45, 2.75) is 44.6 Å². The highest BCUT2D eigenvalue weighted by atomic mass is 16.2. The van der Waals surface area contributed by atoms with Gasteiger partial charge in [0.2, 0.25) is 17.7 Å². The van der Waals surface area contributed by atoms with Gasteiger partial charge < -0.3 is 4.90 Å². The highest BCUT2D eigenvalue weighted by Crippen LogP contribution is 2.38. The van der Waals surface area contributed by atoms with Crippen LogP contribution in [0.1, 0.15) is 50.1 Å². The summed E-state index contributed by atoms with van der Waals surface area (Å²) in [4.78, 5) is 41.1. The molecule has 3 fully saturated rings. The number of fused-ring (bicyclic) bond motifs is 1. The lowest BCUT2D eigenvalue weighted by molar-refractivity contribution is -0.147. The number of nitrogens with zero attached hydrogens (tertiary/aromatic N) is 2. The molecule has 0 spiro atoms. The summed E-state index contributed by atoms with van der Waals surface area (Å²) >= 11 is 0. The number of rotatable bonds is 3. The Morgan fingerprint density at radius 1 is 0.920 bits per heavy atom. The Morgan fingerprint density at radius 2 is 1.56 bits per heavy atom. The van der Waals surface area contributed by atoms with Crippen LogP contribution in [0.4, 0.5) is 0 Å². The smallest absolute Gasteiger partial charge is 0.243 e. The fourth-order valence-electron chi connectivity index (χ4n) is 4.70. The minimum Gasteiger partial charge on any atom is -0.334 e. The van der Waals surface area contributed by atoms with E-state index in [1.54, 1.807) is 0 Å². The SMILES string of the molecule is O=C1[C@@H]2CCCC[C@H]2C(=O)N1CC(=O)N1CCC[C@@H]1c1ccccc1. The number of benzene rings is 1. The maximum Gasteiger partial charge on any atom is 0.243 e. The van der Waals surface area contributed by atoms with Crippen molar-refractivity contribution in [3.05, 3.63) is 35.9 Å². The summed E-state index contributed by atoms with van der Waals surface area (Å²) < 4.78 is 0. The van der Waals surface area contributed by atoms with Crippen molar-refractivity contribution < 1.29 is 14.4 Å². The Balaban J connectivity index is 1.48. The lowest BCUT2D eigenvalue weighted by Crippen LogP contribution is -2.43. The average Bonchev–Trinajstić information content (AvgIpc) is 3.23. The topological polar surface area (TPSA) is 57.7 Å². The molecule has 1 aromatic rings. The predicted octanol–water partition coefficient (Wildman–Crippen LogP) is 2.53. The highest BCUT2D eigenvalue weighted by Gasteiger charge is 2.49. The molecular formula is C20H24N2O3. The lowest BCUT2D eigenvalue weighted by Gasteiger charge is -2.27. The Hall–Kier alpha value is -2.17. The van der Waals surface area contributed by atoms with Gasteiger partial charge in [0.05, 0.1) is 17.9 Å². The fourth-order valence-corrected chi connectivity index (χ4v) is 4.70. The van der Waals surface area contributed by atoms with Crippen molar-refractivity contribution in [1.82, 2.24) is 9.80 Å². The third kappa shape index (κ3) is 2.86. The van der Waals surface area contributed by atoms with Gasteiger partial charge in [-0.2, -0.15) is 0 Å². The lowest BCUT2D eigenvalue weighted by atomic mass is 9.81. The van der Waals surface area contributed by atoms with E-state index in [0.717, 1.165) is 44.1 Å². The van der Waals surface area contributed by atoms with Gasteiger partial charge in [0.1, 0.15) is 6.54 Å². The first-order chi connectivity index (χ1) is 12.2. The van der Waals surface area contributed by atoms with E-state index in [9.17, 15) is 14.4 Å². The number of hydrogen-bond acceptors (Lipinski definition) is 3. The van der Waals surface area contributed by atoms with E-state index in [4.69, 9.17) is 0 Å². The molecule has 0 radical (unpaired) electrons. The van der Waals surface area contributed by atoms with Crippen LogP contribution in [0.5, 0.6) is 0 Å². The second-order valence-corrected chi connectivity index (χ2v) is 7.42. The Bertz CT molecular complexity index is 663. The maximum atomic E-state index is 12.9. The quantitative estimate of drug-likeness (QED) is 0.795. The summed E-state index contributed by atoms with van der Waals surface area (Å²) in [7, 11) is 0. The molecule has 132 valence electrons. The van der Waals surface area contributed by atoms with E-state index in [1.807, 2.05) is 35.2 Å². The third-order valence-corrected chi connectivity index (χ3v) is 5.98. The first kappa shape index (κ1) is 16.3. The molecule has 3 atom stereocenters. The molecular weight excluding hydrogens is 316 g/mol. The van der Waals surface area contributed by atoms with E-state index in [-0.39, 0.29) is 42.1 Å². The number of imide groups is 1. The summed E-state index contributed by atoms with van der Waals surface area (Å²) in [6, 6.07) is 10.1. The van der Waals surface area contributed by atoms with Crippen LogP contribution in [-0.4, -0.2) is 40.6 Å². The molecule has 3 aliphatic rings. The van der Waals surface area contributed by atoms with Gasteiger partial charge in [-0.3, -0.25) is 19.3 Å². The summed E-state index contributed by atoms with van der Waals surface area (Å²) in [5.41, 5.74) is 1.13. The van der Waals surface area contributed by atoms with Gasteiger partial charge in [-0.05, 0) is 31.2 Å². The molecule has 25 heavy (non-hydrogen) atoms. The minimum absolute atomic E-state index is 0.0591. The third-order valence-electron chi connectivity index (χ3n) is 5.98. The number of amides is 3. The second-order valence-electron chi connectivity index (χ2n) is 7.42. The molecule has 1 aromatic carbocycles. The van der Waals surface area contributed by atoms with Crippen molar-refractivity contribution in [2.24, 2.45) is 11.8 Å². The zero-order valence-electron chi connectivity index (χ0n) is 14.4. The molecule has 3 amide bonds. The van der Waals surface area contributed by atoms with Crippen LogP contribution < -0.4 is 0 Å². The van der Waals surface area contributed by atoms with Crippen LogP contribution in [0.15, 0.2) is 30.3 Å². The van der Waals surface area contributed by atoms with E-state index in [0.29, 0.717) is 6.54 Å². The minimum atomic E-state index is -0.183. The standard InChI is InChI=1S/C20H24N2O3/c23-18(21-12-6-11-17(21)14-7-2-1-3-8-14)13-22-19(24)15-9-4-5-10-16(15)20(22)25/h1-3,7-8,15-17H,4-6,9-13H2/t15-,16-,17-/m1/s1. The summed E-state index contributed by atoms with van der Waals surface area (Å²) in [6.45, 7) is 0.607. The first-order valence-corrected chi connectivity index (χ1v) is 9.36. The second kappa shape index (κ2) is 6.62. The van der Waals surface area contributed by atoms with Crippen LogP contribution >= 0.6 is 0 Å². The van der Waals surface area contributed by atoms with Crippen LogP contribution in [0.25, 0.3) is 0 Å². The van der Waals surface area contributed by atoms with Crippen molar-refractivity contribution in [1.29, 1.82) is 0 Å². The summed E-state index contributed by atoms with van der Waals surface area (Å²) in [6.07, 6.45) is 5.47. The molecule has 2 heterocycles. The van der Waals surface area contributed by atoms with Crippen molar-refractivity contribution >= 4 is 17.7 Å². The largest absolute Gasteiger partial charge is 0.334 e. The molecule has 0 aromatic heterocycles. The zero-order valence-corrected chi connectivity index (χ0v) is 14.4. The molecule has 4 rings (SSSR count). The van der Waals surface area contributed by atoms with Gasteiger partial charge in [-0.25, -0.2) is 0 Å². The highest BCUT2D eigenvalue weighted by molar-refractivity contribution is 6.07. The molecule has 5 nitrogen and oxygen atoms in total. The number of carbonyl (C=O) groups excluding carboxylic acids is 3. The van der Waals surface area contributed by atoms with Gasteiger partial charge >= 0.3 is 0 Å². The molecule has 0 bridgehead atoms. The fraction of sp³-hybridized carbons (Fsp3) is 0.550.